The maximum atomic E-state index is 12.5. The lowest BCUT2D eigenvalue weighted by Crippen LogP contribution is -2.36. The highest BCUT2D eigenvalue weighted by atomic mass is 35.5. The third kappa shape index (κ3) is 5.66. The second-order valence-corrected chi connectivity index (χ2v) is 9.28. The summed E-state index contributed by atoms with van der Waals surface area (Å²) in [4.78, 5) is 28.0. The van der Waals surface area contributed by atoms with Crippen molar-refractivity contribution >= 4 is 40.8 Å². The molecular formula is C23H22Cl2N4O5. The Morgan fingerprint density at radius 3 is 2.62 bits per heavy atom. The molecule has 1 saturated carbocycles. The number of anilines is 1. The van der Waals surface area contributed by atoms with Gasteiger partial charge in [0.25, 0.3) is 0 Å². The summed E-state index contributed by atoms with van der Waals surface area (Å²) in [6.45, 7) is 1.76. The molecule has 2 heterocycles. The van der Waals surface area contributed by atoms with E-state index in [1.165, 1.54) is 6.20 Å². The molecule has 2 aromatic heterocycles. The van der Waals surface area contributed by atoms with Crippen LogP contribution in [0.2, 0.25) is 10.0 Å². The van der Waals surface area contributed by atoms with E-state index >= 15 is 0 Å². The first-order valence-electron chi connectivity index (χ1n) is 10.7. The van der Waals surface area contributed by atoms with Crippen LogP contribution >= 0.6 is 23.2 Å². The number of carbonyl (C=O) groups excluding carboxylic acids is 1. The van der Waals surface area contributed by atoms with Crippen molar-refractivity contribution in [2.75, 3.05) is 5.32 Å². The van der Waals surface area contributed by atoms with Crippen LogP contribution in [-0.4, -0.2) is 38.3 Å². The predicted octanol–water partition coefficient (Wildman–Crippen LogP) is 5.03. The molecule has 0 unspecified atom stereocenters. The molecule has 9 nitrogen and oxygen atoms in total. The van der Waals surface area contributed by atoms with Gasteiger partial charge in [-0.3, -0.25) is 9.59 Å². The largest absolute Gasteiger partial charge is 0.481 e. The van der Waals surface area contributed by atoms with Gasteiger partial charge in [-0.25, -0.2) is 4.98 Å². The van der Waals surface area contributed by atoms with Crippen LogP contribution in [0.5, 0.6) is 5.88 Å². The van der Waals surface area contributed by atoms with Gasteiger partial charge in [0.05, 0.1) is 23.7 Å². The number of aromatic nitrogens is 3. The quantitative estimate of drug-likeness (QED) is 0.458. The van der Waals surface area contributed by atoms with E-state index in [2.05, 4.69) is 20.5 Å². The SMILES string of the molecule is CC1(C(=O)O)CCC(Oc2ccc(NC(=O)c3nnc(Cc4ccc(Cl)cc4Cl)o3)cn2)CC1. The zero-order valence-electron chi connectivity index (χ0n) is 18.3. The number of pyridine rings is 1. The van der Waals surface area contributed by atoms with E-state index in [0.29, 0.717) is 47.3 Å². The molecule has 0 saturated heterocycles. The van der Waals surface area contributed by atoms with Crippen molar-refractivity contribution in [2.45, 2.75) is 45.1 Å². The molecule has 1 aliphatic rings. The van der Waals surface area contributed by atoms with Gasteiger partial charge in [-0.05, 0) is 56.4 Å². The molecule has 1 amide bonds. The number of ether oxygens (including phenoxy) is 1. The predicted molar refractivity (Wildman–Crippen MR) is 124 cm³/mol. The number of rotatable bonds is 7. The average molecular weight is 505 g/mol. The maximum absolute atomic E-state index is 12.5. The van der Waals surface area contributed by atoms with Crippen LogP contribution < -0.4 is 10.1 Å². The highest BCUT2D eigenvalue weighted by Crippen LogP contribution is 2.37. The molecule has 1 aromatic carbocycles. The third-order valence-electron chi connectivity index (χ3n) is 5.85. The van der Waals surface area contributed by atoms with Gasteiger partial charge in [0, 0.05) is 16.1 Å². The van der Waals surface area contributed by atoms with Crippen LogP contribution in [0.1, 0.15) is 54.7 Å². The Labute approximate surface area is 205 Å². The lowest BCUT2D eigenvalue weighted by molar-refractivity contribution is -0.150. The fourth-order valence-electron chi connectivity index (χ4n) is 3.68. The summed E-state index contributed by atoms with van der Waals surface area (Å²) in [7, 11) is 0. The Bertz CT molecular complexity index is 1190. The Morgan fingerprint density at radius 1 is 1.21 bits per heavy atom. The summed E-state index contributed by atoms with van der Waals surface area (Å²) in [5, 5.41) is 20.7. The second kappa shape index (κ2) is 9.99. The zero-order chi connectivity index (χ0) is 24.3. The van der Waals surface area contributed by atoms with Gasteiger partial charge in [0.15, 0.2) is 0 Å². The zero-order valence-corrected chi connectivity index (χ0v) is 19.8. The summed E-state index contributed by atoms with van der Waals surface area (Å²) < 4.78 is 11.3. The highest BCUT2D eigenvalue weighted by molar-refractivity contribution is 6.35. The minimum atomic E-state index is -0.772. The molecule has 2 N–H and O–H groups in total. The Hall–Kier alpha value is -3.17. The summed E-state index contributed by atoms with van der Waals surface area (Å²) in [5.41, 5.74) is 0.476. The number of carbonyl (C=O) groups is 2. The van der Waals surface area contributed by atoms with E-state index in [1.807, 2.05) is 0 Å². The van der Waals surface area contributed by atoms with Gasteiger partial charge in [0.2, 0.25) is 11.8 Å². The number of carboxylic acids is 1. The minimum Gasteiger partial charge on any atom is -0.481 e. The van der Waals surface area contributed by atoms with Crippen molar-refractivity contribution < 1.29 is 23.8 Å². The van der Waals surface area contributed by atoms with Crippen LogP contribution in [0.4, 0.5) is 5.69 Å². The lowest BCUT2D eigenvalue weighted by Gasteiger charge is -2.33. The highest BCUT2D eigenvalue weighted by Gasteiger charge is 2.38. The van der Waals surface area contributed by atoms with E-state index < -0.39 is 17.3 Å². The molecular weight excluding hydrogens is 483 g/mol. The van der Waals surface area contributed by atoms with Gasteiger partial charge in [-0.2, -0.15) is 0 Å². The normalized spacial score (nSPS) is 20.0. The number of amides is 1. The number of nitrogens with one attached hydrogen (secondary N) is 1. The van der Waals surface area contributed by atoms with Crippen LogP contribution in [0.25, 0.3) is 0 Å². The summed E-state index contributed by atoms with van der Waals surface area (Å²) in [6, 6.07) is 8.36. The number of nitrogens with zero attached hydrogens (tertiary/aromatic N) is 3. The van der Waals surface area contributed by atoms with Crippen molar-refractivity contribution in [1.82, 2.24) is 15.2 Å². The van der Waals surface area contributed by atoms with Crippen LogP contribution in [0.15, 0.2) is 40.9 Å². The molecule has 0 spiro atoms. The molecule has 11 heteroatoms. The van der Waals surface area contributed by atoms with Gasteiger partial charge in [0.1, 0.15) is 6.10 Å². The number of halogens is 2. The smallest absolute Gasteiger partial charge is 0.313 e. The summed E-state index contributed by atoms with van der Waals surface area (Å²) in [5.74, 6) is -0.892. The Kier molecular flexibility index (Phi) is 7.04. The van der Waals surface area contributed by atoms with Crippen LogP contribution in [0, 0.1) is 5.41 Å². The molecule has 0 aliphatic heterocycles. The molecule has 34 heavy (non-hydrogen) atoms. The summed E-state index contributed by atoms with van der Waals surface area (Å²) >= 11 is 12.1. The monoisotopic (exact) mass is 504 g/mol. The molecule has 1 fully saturated rings. The van der Waals surface area contributed by atoms with Gasteiger partial charge in [-0.15, -0.1) is 10.2 Å². The van der Waals surface area contributed by atoms with Crippen molar-refractivity contribution in [2.24, 2.45) is 5.41 Å². The van der Waals surface area contributed by atoms with E-state index in [9.17, 15) is 14.7 Å². The topological polar surface area (TPSA) is 127 Å². The number of benzene rings is 1. The van der Waals surface area contributed by atoms with Crippen molar-refractivity contribution in [1.29, 1.82) is 0 Å². The average Bonchev–Trinajstić information content (AvgIpc) is 3.27. The second-order valence-electron chi connectivity index (χ2n) is 8.44. The number of hydrogen-bond acceptors (Lipinski definition) is 7. The van der Waals surface area contributed by atoms with Crippen LogP contribution in [-0.2, 0) is 11.2 Å². The van der Waals surface area contributed by atoms with Crippen LogP contribution in [0.3, 0.4) is 0 Å². The first-order chi connectivity index (χ1) is 16.2. The minimum absolute atomic E-state index is 0.0914. The van der Waals surface area contributed by atoms with Gasteiger partial charge >= 0.3 is 17.8 Å². The van der Waals surface area contributed by atoms with Gasteiger partial charge in [-0.1, -0.05) is 29.3 Å². The first kappa shape index (κ1) is 24.0. The Balaban J connectivity index is 1.31. The fraction of sp³-hybridized carbons (Fsp3) is 0.348. The first-order valence-corrected chi connectivity index (χ1v) is 11.4. The lowest BCUT2D eigenvalue weighted by atomic mass is 9.75. The standard InChI is InChI=1S/C23H22Cl2N4O5/c1-23(22(31)32)8-6-16(7-9-23)33-18-5-4-15(12-26-18)27-20(30)21-29-28-19(34-21)10-13-2-3-14(24)11-17(13)25/h2-5,11-12,16H,6-10H2,1H3,(H,27,30)(H,31,32). The van der Waals surface area contributed by atoms with Crippen molar-refractivity contribution in [3.63, 3.8) is 0 Å². The van der Waals surface area contributed by atoms with Crippen molar-refractivity contribution in [3.05, 3.63) is 63.9 Å². The van der Waals surface area contributed by atoms with E-state index in [-0.39, 0.29) is 24.3 Å². The molecule has 4 rings (SSSR count). The molecule has 0 bridgehead atoms. The summed E-state index contributed by atoms with van der Waals surface area (Å²) in [6.07, 6.45) is 4.02. The Morgan fingerprint density at radius 2 is 1.97 bits per heavy atom. The van der Waals surface area contributed by atoms with E-state index in [1.54, 1.807) is 37.3 Å². The molecule has 3 aromatic rings. The fourth-order valence-corrected chi connectivity index (χ4v) is 4.16. The number of carboxylic acid groups (broad SMARTS) is 1. The molecule has 0 radical (unpaired) electrons. The number of aliphatic carboxylic acids is 1. The maximum Gasteiger partial charge on any atom is 0.313 e. The van der Waals surface area contributed by atoms with E-state index in [4.69, 9.17) is 32.4 Å². The van der Waals surface area contributed by atoms with E-state index in [0.717, 1.165) is 5.56 Å². The number of hydrogen-bond donors (Lipinski definition) is 2. The third-order valence-corrected chi connectivity index (χ3v) is 6.44. The van der Waals surface area contributed by atoms with Crippen molar-refractivity contribution in [3.8, 4) is 5.88 Å². The molecule has 178 valence electrons. The molecule has 0 atom stereocenters. The molecule has 1 aliphatic carbocycles. The van der Waals surface area contributed by atoms with Gasteiger partial charge < -0.3 is 19.6 Å².